The quantitative estimate of drug-likeness (QED) is 0.467. The van der Waals surface area contributed by atoms with Crippen LogP contribution in [0.25, 0.3) is 0 Å². The number of hydrogen-bond donors (Lipinski definition) is 3. The second-order valence-corrected chi connectivity index (χ2v) is 6.05. The van der Waals surface area contributed by atoms with E-state index >= 15 is 0 Å². The number of benzene rings is 2. The van der Waals surface area contributed by atoms with Crippen LogP contribution in [-0.4, -0.2) is 44.9 Å². The highest BCUT2D eigenvalue weighted by atomic mass is 16.5. The fourth-order valence-electron chi connectivity index (χ4n) is 2.71. The zero-order valence-electron chi connectivity index (χ0n) is 16.3. The number of aliphatic imine (C=N–C) groups is 1. The van der Waals surface area contributed by atoms with Crippen molar-refractivity contribution in [1.82, 2.24) is 10.6 Å². The van der Waals surface area contributed by atoms with E-state index in [1.165, 1.54) is 0 Å². The van der Waals surface area contributed by atoms with E-state index in [-0.39, 0.29) is 0 Å². The van der Waals surface area contributed by atoms with Gasteiger partial charge in [-0.25, -0.2) is 0 Å². The van der Waals surface area contributed by atoms with Crippen molar-refractivity contribution in [2.45, 2.75) is 19.8 Å². The first kappa shape index (κ1) is 20.4. The van der Waals surface area contributed by atoms with E-state index in [0.29, 0.717) is 12.3 Å². The molecule has 0 heterocycles. The lowest BCUT2D eigenvalue weighted by Crippen LogP contribution is -2.38. The number of aromatic hydroxyl groups is 1. The summed E-state index contributed by atoms with van der Waals surface area (Å²) in [6, 6.07) is 13.2. The molecule has 0 bridgehead atoms. The van der Waals surface area contributed by atoms with Gasteiger partial charge in [-0.1, -0.05) is 18.2 Å². The number of guanidine groups is 1. The molecule has 3 N–H and O–H groups in total. The lowest BCUT2D eigenvalue weighted by molar-refractivity contribution is 0.354. The largest absolute Gasteiger partial charge is 0.508 e. The molecule has 0 aliphatic heterocycles. The van der Waals surface area contributed by atoms with Crippen LogP contribution in [0, 0.1) is 0 Å². The number of nitrogens with one attached hydrogen (secondary N) is 2. The average molecular weight is 371 g/mol. The van der Waals surface area contributed by atoms with Gasteiger partial charge in [-0.05, 0) is 55.2 Å². The molecule has 0 saturated heterocycles. The van der Waals surface area contributed by atoms with Gasteiger partial charge >= 0.3 is 0 Å². The van der Waals surface area contributed by atoms with E-state index in [0.717, 1.165) is 54.5 Å². The number of methoxy groups -OCH3 is 2. The highest BCUT2D eigenvalue weighted by Gasteiger charge is 2.04. The molecule has 0 amide bonds. The van der Waals surface area contributed by atoms with Crippen LogP contribution in [0.5, 0.6) is 17.2 Å². The summed E-state index contributed by atoms with van der Waals surface area (Å²) in [4.78, 5) is 4.63. The highest BCUT2D eigenvalue weighted by molar-refractivity contribution is 5.79. The van der Waals surface area contributed by atoms with Crippen LogP contribution in [0.15, 0.2) is 47.5 Å². The summed E-state index contributed by atoms with van der Waals surface area (Å²) in [6.45, 7) is 4.25. The Labute approximate surface area is 161 Å². The van der Waals surface area contributed by atoms with Crippen molar-refractivity contribution in [3.05, 3.63) is 53.6 Å². The second kappa shape index (κ2) is 11.0. The summed E-state index contributed by atoms with van der Waals surface area (Å²) in [5.74, 6) is 2.54. The first-order valence-electron chi connectivity index (χ1n) is 9.17. The van der Waals surface area contributed by atoms with Crippen molar-refractivity contribution in [3.8, 4) is 17.2 Å². The van der Waals surface area contributed by atoms with E-state index < -0.39 is 0 Å². The molecule has 0 aliphatic rings. The molecule has 0 fully saturated rings. The molecular formula is C21H29N3O3. The van der Waals surface area contributed by atoms with Crippen LogP contribution in [0.3, 0.4) is 0 Å². The predicted octanol–water partition coefficient (Wildman–Crippen LogP) is 2.75. The third-order valence-corrected chi connectivity index (χ3v) is 4.08. The molecule has 6 heteroatoms. The molecule has 0 spiro atoms. The van der Waals surface area contributed by atoms with Gasteiger partial charge in [0.2, 0.25) is 0 Å². The topological polar surface area (TPSA) is 75.1 Å². The zero-order valence-corrected chi connectivity index (χ0v) is 16.3. The standard InChI is InChI=1S/C21H29N3O3/c1-4-22-21(23-12-10-16-6-5-7-18(25)14-16)24-13-11-17-8-9-19(26-2)20(15-17)27-3/h5-9,14-15,25H,4,10-13H2,1-3H3,(H2,22,23,24). The van der Waals surface area contributed by atoms with Crippen molar-refractivity contribution in [1.29, 1.82) is 0 Å². The summed E-state index contributed by atoms with van der Waals surface area (Å²) in [5, 5.41) is 16.1. The van der Waals surface area contributed by atoms with Crippen molar-refractivity contribution < 1.29 is 14.6 Å². The summed E-state index contributed by atoms with van der Waals surface area (Å²) in [7, 11) is 3.27. The lowest BCUT2D eigenvalue weighted by atomic mass is 10.1. The van der Waals surface area contributed by atoms with Gasteiger partial charge in [-0.2, -0.15) is 0 Å². The Hall–Kier alpha value is -2.89. The number of nitrogens with zero attached hydrogens (tertiary/aromatic N) is 1. The Morgan fingerprint density at radius 3 is 2.44 bits per heavy atom. The van der Waals surface area contributed by atoms with Gasteiger partial charge in [0, 0.05) is 19.6 Å². The molecule has 2 rings (SSSR count). The molecule has 27 heavy (non-hydrogen) atoms. The van der Waals surface area contributed by atoms with Crippen molar-refractivity contribution in [3.63, 3.8) is 0 Å². The van der Waals surface area contributed by atoms with Crippen LogP contribution >= 0.6 is 0 Å². The number of rotatable bonds is 9. The normalized spacial score (nSPS) is 11.1. The Kier molecular flexibility index (Phi) is 8.29. The molecule has 0 atom stereocenters. The SMILES string of the molecule is CCNC(=NCCc1ccc(OC)c(OC)c1)NCCc1cccc(O)c1. The Morgan fingerprint density at radius 1 is 0.963 bits per heavy atom. The van der Waals surface area contributed by atoms with Crippen LogP contribution in [0.4, 0.5) is 0 Å². The van der Waals surface area contributed by atoms with E-state index in [1.807, 2.05) is 37.3 Å². The molecular weight excluding hydrogens is 342 g/mol. The minimum atomic E-state index is 0.294. The molecule has 0 saturated carbocycles. The minimum absolute atomic E-state index is 0.294. The molecule has 146 valence electrons. The van der Waals surface area contributed by atoms with Crippen LogP contribution in [-0.2, 0) is 12.8 Å². The summed E-state index contributed by atoms with van der Waals surface area (Å²) in [6.07, 6.45) is 1.62. The molecule has 6 nitrogen and oxygen atoms in total. The van der Waals surface area contributed by atoms with E-state index in [1.54, 1.807) is 26.4 Å². The predicted molar refractivity (Wildman–Crippen MR) is 109 cm³/mol. The summed E-state index contributed by atoms with van der Waals surface area (Å²) >= 11 is 0. The van der Waals surface area contributed by atoms with Crippen LogP contribution in [0.2, 0.25) is 0 Å². The second-order valence-electron chi connectivity index (χ2n) is 6.05. The van der Waals surface area contributed by atoms with Crippen molar-refractivity contribution in [2.24, 2.45) is 4.99 Å². The van der Waals surface area contributed by atoms with Gasteiger partial charge in [0.05, 0.1) is 14.2 Å². The van der Waals surface area contributed by atoms with E-state index in [2.05, 4.69) is 15.6 Å². The average Bonchev–Trinajstić information content (AvgIpc) is 2.68. The van der Waals surface area contributed by atoms with E-state index in [4.69, 9.17) is 9.47 Å². The monoisotopic (exact) mass is 371 g/mol. The molecule has 2 aromatic rings. The first-order valence-corrected chi connectivity index (χ1v) is 9.17. The van der Waals surface area contributed by atoms with Gasteiger partial charge < -0.3 is 25.2 Å². The maximum atomic E-state index is 9.53. The summed E-state index contributed by atoms with van der Waals surface area (Å²) < 4.78 is 10.6. The Balaban J connectivity index is 1.87. The number of phenols is 1. The maximum absolute atomic E-state index is 9.53. The fraction of sp³-hybridized carbons (Fsp3) is 0.381. The summed E-state index contributed by atoms with van der Waals surface area (Å²) in [5.41, 5.74) is 2.23. The third-order valence-electron chi connectivity index (χ3n) is 4.08. The fourth-order valence-corrected chi connectivity index (χ4v) is 2.71. The van der Waals surface area contributed by atoms with Crippen molar-refractivity contribution >= 4 is 5.96 Å². The van der Waals surface area contributed by atoms with Gasteiger partial charge in [0.25, 0.3) is 0 Å². The Bertz CT molecular complexity index is 747. The maximum Gasteiger partial charge on any atom is 0.191 e. The van der Waals surface area contributed by atoms with Crippen LogP contribution < -0.4 is 20.1 Å². The van der Waals surface area contributed by atoms with Gasteiger partial charge in [-0.3, -0.25) is 4.99 Å². The third kappa shape index (κ3) is 6.73. The minimum Gasteiger partial charge on any atom is -0.508 e. The molecule has 0 aromatic heterocycles. The highest BCUT2D eigenvalue weighted by Crippen LogP contribution is 2.27. The number of phenolic OH excluding ortho intramolecular Hbond substituents is 1. The molecule has 0 aliphatic carbocycles. The van der Waals surface area contributed by atoms with Gasteiger partial charge in [-0.15, -0.1) is 0 Å². The number of ether oxygens (including phenoxy) is 2. The molecule has 0 unspecified atom stereocenters. The first-order chi connectivity index (χ1) is 13.2. The number of hydrogen-bond acceptors (Lipinski definition) is 4. The smallest absolute Gasteiger partial charge is 0.191 e. The Morgan fingerprint density at radius 2 is 1.74 bits per heavy atom. The molecule has 0 radical (unpaired) electrons. The molecule has 2 aromatic carbocycles. The lowest BCUT2D eigenvalue weighted by Gasteiger charge is -2.12. The zero-order chi connectivity index (χ0) is 19.5. The van der Waals surface area contributed by atoms with Crippen LogP contribution in [0.1, 0.15) is 18.1 Å². The van der Waals surface area contributed by atoms with E-state index in [9.17, 15) is 5.11 Å². The van der Waals surface area contributed by atoms with Gasteiger partial charge in [0.1, 0.15) is 5.75 Å². The van der Waals surface area contributed by atoms with Crippen molar-refractivity contribution in [2.75, 3.05) is 33.9 Å². The van der Waals surface area contributed by atoms with Gasteiger partial charge in [0.15, 0.2) is 17.5 Å².